The fourth-order valence-corrected chi connectivity index (χ4v) is 4.69. The standard InChI is InChI=1S/C30H45NO5Si/c1-29(2,3)35-28(34)31-25(20-23-17-13-10-14-18-23)26(32)21-24(19-22-15-11-9-12-16-22)27(33)36-37(7,8)30(4,5)6/h9-18,24-26,32H,19-21H2,1-8H3,(H,31,34)/t24-,25-,26-/m0/s1. The minimum atomic E-state index is -2.36. The Kier molecular flexibility index (Phi) is 10.5. The van der Waals surface area contributed by atoms with Crippen molar-refractivity contribution < 1.29 is 23.9 Å². The molecular formula is C30H45NO5Si. The van der Waals surface area contributed by atoms with E-state index in [1.165, 1.54) is 0 Å². The number of nitrogens with one attached hydrogen (secondary N) is 1. The molecule has 7 heteroatoms. The van der Waals surface area contributed by atoms with Gasteiger partial charge in [-0.25, -0.2) is 4.79 Å². The topological polar surface area (TPSA) is 84.9 Å². The molecule has 1 amide bonds. The van der Waals surface area contributed by atoms with Crippen molar-refractivity contribution in [3.8, 4) is 0 Å². The zero-order chi connectivity index (χ0) is 27.9. The molecule has 2 aromatic rings. The summed E-state index contributed by atoms with van der Waals surface area (Å²) in [6.45, 7) is 15.7. The monoisotopic (exact) mass is 527 g/mol. The first kappa shape index (κ1) is 30.6. The number of amides is 1. The molecule has 0 saturated carbocycles. The zero-order valence-corrected chi connectivity index (χ0v) is 24.7. The van der Waals surface area contributed by atoms with Gasteiger partial charge in [-0.1, -0.05) is 81.4 Å². The van der Waals surface area contributed by atoms with Crippen molar-refractivity contribution in [2.75, 3.05) is 0 Å². The Bertz CT molecular complexity index is 996. The van der Waals surface area contributed by atoms with Crippen molar-refractivity contribution in [2.45, 2.75) is 96.7 Å². The lowest BCUT2D eigenvalue weighted by Crippen LogP contribution is -2.49. The van der Waals surface area contributed by atoms with Crippen LogP contribution in [0, 0.1) is 5.92 Å². The Morgan fingerprint density at radius 3 is 1.81 bits per heavy atom. The molecule has 0 aliphatic heterocycles. The number of hydrogen-bond donors (Lipinski definition) is 2. The molecule has 0 heterocycles. The SMILES string of the molecule is CC(C)(C)OC(=O)N[C@@H](Cc1ccccc1)[C@@H](O)C[C@H](Cc1ccccc1)C(=O)O[Si](C)(C)C(C)(C)C. The van der Waals surface area contributed by atoms with Gasteiger partial charge < -0.3 is 19.6 Å². The fraction of sp³-hybridized carbons (Fsp3) is 0.533. The van der Waals surface area contributed by atoms with Crippen molar-refractivity contribution in [2.24, 2.45) is 5.92 Å². The quantitative estimate of drug-likeness (QED) is 0.355. The molecule has 6 nitrogen and oxygen atoms in total. The summed E-state index contributed by atoms with van der Waals surface area (Å²) in [7, 11) is -2.36. The molecule has 2 rings (SSSR count). The molecule has 204 valence electrons. The maximum absolute atomic E-state index is 13.5. The van der Waals surface area contributed by atoms with Gasteiger partial charge in [-0.15, -0.1) is 0 Å². The molecule has 0 aromatic heterocycles. The number of aliphatic hydroxyl groups is 1. The molecule has 0 unspecified atom stereocenters. The van der Waals surface area contributed by atoms with E-state index < -0.39 is 38.1 Å². The molecule has 37 heavy (non-hydrogen) atoms. The largest absolute Gasteiger partial charge is 0.519 e. The second-order valence-corrected chi connectivity index (χ2v) is 17.0. The fourth-order valence-electron chi connectivity index (χ4n) is 3.72. The van der Waals surface area contributed by atoms with Crippen LogP contribution in [0.4, 0.5) is 4.79 Å². The highest BCUT2D eigenvalue weighted by Gasteiger charge is 2.42. The van der Waals surface area contributed by atoms with Crippen LogP contribution in [0.2, 0.25) is 18.1 Å². The maximum atomic E-state index is 13.5. The molecule has 2 aromatic carbocycles. The van der Waals surface area contributed by atoms with Gasteiger partial charge in [0.1, 0.15) is 5.60 Å². The lowest BCUT2D eigenvalue weighted by atomic mass is 9.89. The van der Waals surface area contributed by atoms with E-state index in [1.807, 2.05) is 73.8 Å². The number of rotatable bonds is 10. The van der Waals surface area contributed by atoms with E-state index in [4.69, 9.17) is 9.16 Å². The number of carbonyl (C=O) groups is 2. The molecule has 3 atom stereocenters. The Morgan fingerprint density at radius 1 is 0.865 bits per heavy atom. The number of alkyl carbamates (subject to hydrolysis) is 1. The van der Waals surface area contributed by atoms with Crippen molar-refractivity contribution in [3.63, 3.8) is 0 Å². The first-order chi connectivity index (χ1) is 17.1. The van der Waals surface area contributed by atoms with E-state index in [0.29, 0.717) is 12.8 Å². The summed E-state index contributed by atoms with van der Waals surface area (Å²) in [5, 5.41) is 14.1. The van der Waals surface area contributed by atoms with Crippen LogP contribution in [0.1, 0.15) is 59.1 Å². The number of ether oxygens (including phenoxy) is 1. The van der Waals surface area contributed by atoms with E-state index in [-0.39, 0.29) is 17.4 Å². The zero-order valence-electron chi connectivity index (χ0n) is 23.7. The molecule has 0 radical (unpaired) electrons. The second kappa shape index (κ2) is 12.7. The highest BCUT2D eigenvalue weighted by molar-refractivity contribution is 6.75. The Labute approximate surface area is 223 Å². The summed E-state index contributed by atoms with van der Waals surface area (Å²) in [6.07, 6.45) is -0.605. The number of carbonyl (C=O) groups excluding carboxylic acids is 2. The van der Waals surface area contributed by atoms with Gasteiger partial charge in [0, 0.05) is 0 Å². The van der Waals surface area contributed by atoms with Gasteiger partial charge in [-0.2, -0.15) is 0 Å². The molecule has 0 aliphatic carbocycles. The molecule has 2 N–H and O–H groups in total. The predicted molar refractivity (Wildman–Crippen MR) is 151 cm³/mol. The lowest BCUT2D eigenvalue weighted by Gasteiger charge is -2.37. The van der Waals surface area contributed by atoms with Crippen LogP contribution in [0.25, 0.3) is 0 Å². The van der Waals surface area contributed by atoms with E-state index >= 15 is 0 Å². The summed E-state index contributed by atoms with van der Waals surface area (Å²) in [4.78, 5) is 26.2. The van der Waals surface area contributed by atoms with Crippen molar-refractivity contribution >= 4 is 20.4 Å². The number of benzene rings is 2. The van der Waals surface area contributed by atoms with E-state index in [9.17, 15) is 14.7 Å². The first-order valence-electron chi connectivity index (χ1n) is 13.1. The molecule has 0 fully saturated rings. The average Bonchev–Trinajstić information content (AvgIpc) is 2.77. The first-order valence-corrected chi connectivity index (χ1v) is 16.0. The Morgan fingerprint density at radius 2 is 1.35 bits per heavy atom. The van der Waals surface area contributed by atoms with Crippen LogP contribution in [0.5, 0.6) is 0 Å². The van der Waals surface area contributed by atoms with Gasteiger partial charge in [-0.05, 0) is 69.3 Å². The van der Waals surface area contributed by atoms with E-state index in [0.717, 1.165) is 11.1 Å². The van der Waals surface area contributed by atoms with Gasteiger partial charge in [-0.3, -0.25) is 4.79 Å². The summed E-state index contributed by atoms with van der Waals surface area (Å²) < 4.78 is 11.6. The van der Waals surface area contributed by atoms with E-state index in [1.54, 1.807) is 20.8 Å². The van der Waals surface area contributed by atoms with Gasteiger partial charge in [0.2, 0.25) is 0 Å². The summed E-state index contributed by atoms with van der Waals surface area (Å²) in [5.74, 6) is -0.865. The van der Waals surface area contributed by atoms with Gasteiger partial charge >= 0.3 is 6.09 Å². The maximum Gasteiger partial charge on any atom is 0.407 e. The third-order valence-corrected chi connectivity index (χ3v) is 11.1. The second-order valence-electron chi connectivity index (χ2n) is 12.3. The highest BCUT2D eigenvalue weighted by atomic mass is 28.4. The van der Waals surface area contributed by atoms with Crippen molar-refractivity contribution in [1.29, 1.82) is 0 Å². The molecule has 0 saturated heterocycles. The minimum absolute atomic E-state index is 0.132. The van der Waals surface area contributed by atoms with Gasteiger partial charge in [0.15, 0.2) is 0 Å². The van der Waals surface area contributed by atoms with Crippen LogP contribution >= 0.6 is 0 Å². The molecule has 0 bridgehead atoms. The van der Waals surface area contributed by atoms with Crippen LogP contribution in [-0.4, -0.2) is 43.2 Å². The molecular weight excluding hydrogens is 482 g/mol. The van der Waals surface area contributed by atoms with Crippen molar-refractivity contribution in [3.05, 3.63) is 71.8 Å². The normalized spacial score (nSPS) is 14.8. The Balaban J connectivity index is 2.29. The lowest BCUT2D eigenvalue weighted by molar-refractivity contribution is -0.141. The van der Waals surface area contributed by atoms with Crippen LogP contribution in [0.3, 0.4) is 0 Å². The van der Waals surface area contributed by atoms with Gasteiger partial charge in [0.05, 0.1) is 18.1 Å². The average molecular weight is 528 g/mol. The van der Waals surface area contributed by atoms with E-state index in [2.05, 4.69) is 26.1 Å². The van der Waals surface area contributed by atoms with Crippen LogP contribution in [0.15, 0.2) is 60.7 Å². The van der Waals surface area contributed by atoms with Gasteiger partial charge in [0.25, 0.3) is 14.3 Å². The highest BCUT2D eigenvalue weighted by Crippen LogP contribution is 2.37. The third-order valence-electron chi connectivity index (χ3n) is 6.81. The van der Waals surface area contributed by atoms with Crippen LogP contribution < -0.4 is 5.32 Å². The summed E-state index contributed by atoms with van der Waals surface area (Å²) >= 11 is 0. The Hall–Kier alpha value is -2.64. The predicted octanol–water partition coefficient (Wildman–Crippen LogP) is 6.28. The number of aliphatic hydroxyl groups excluding tert-OH is 1. The minimum Gasteiger partial charge on any atom is -0.519 e. The summed E-state index contributed by atoms with van der Waals surface area (Å²) in [6, 6.07) is 18.8. The van der Waals surface area contributed by atoms with Crippen LogP contribution in [-0.2, 0) is 26.8 Å². The third kappa shape index (κ3) is 10.3. The van der Waals surface area contributed by atoms with Crippen molar-refractivity contribution in [1.82, 2.24) is 5.32 Å². The number of hydrogen-bond acceptors (Lipinski definition) is 5. The molecule has 0 aliphatic rings. The summed E-state index contributed by atoms with van der Waals surface area (Å²) in [5.41, 5.74) is 1.28. The molecule has 0 spiro atoms. The smallest absolute Gasteiger partial charge is 0.407 e.